The van der Waals surface area contributed by atoms with Gasteiger partial charge in [-0.25, -0.2) is 8.42 Å². The smallest absolute Gasteiger partial charge is 0.255 e. The Balaban J connectivity index is 1.72. The van der Waals surface area contributed by atoms with Gasteiger partial charge in [-0.1, -0.05) is 42.5 Å². The van der Waals surface area contributed by atoms with E-state index >= 15 is 0 Å². The van der Waals surface area contributed by atoms with Gasteiger partial charge in [0.1, 0.15) is 0 Å². The highest BCUT2D eigenvalue weighted by Crippen LogP contribution is 2.20. The van der Waals surface area contributed by atoms with Crippen LogP contribution in [0.1, 0.15) is 33.2 Å². The molecule has 7 nitrogen and oxygen atoms in total. The number of nitrogens with one attached hydrogen (secondary N) is 2. The van der Waals surface area contributed by atoms with E-state index in [2.05, 4.69) is 10.6 Å². The van der Waals surface area contributed by atoms with Gasteiger partial charge in [-0.3, -0.25) is 13.9 Å². The van der Waals surface area contributed by atoms with Gasteiger partial charge < -0.3 is 10.6 Å². The van der Waals surface area contributed by atoms with E-state index in [0.29, 0.717) is 29.0 Å². The van der Waals surface area contributed by atoms with Crippen LogP contribution in [0.15, 0.2) is 78.9 Å². The van der Waals surface area contributed by atoms with Gasteiger partial charge in [0, 0.05) is 18.7 Å². The van der Waals surface area contributed by atoms with Crippen molar-refractivity contribution in [1.29, 1.82) is 0 Å². The Bertz CT molecular complexity index is 1190. The van der Waals surface area contributed by atoms with Crippen LogP contribution in [-0.2, 0) is 16.6 Å². The summed E-state index contributed by atoms with van der Waals surface area (Å²) in [6.45, 7) is 2.40. The van der Waals surface area contributed by atoms with Crippen molar-refractivity contribution in [1.82, 2.24) is 5.32 Å². The van der Waals surface area contributed by atoms with Crippen molar-refractivity contribution >= 4 is 33.2 Å². The van der Waals surface area contributed by atoms with Crippen LogP contribution in [0.3, 0.4) is 0 Å². The number of amides is 2. The van der Waals surface area contributed by atoms with Crippen molar-refractivity contribution in [3.63, 3.8) is 0 Å². The van der Waals surface area contributed by atoms with Gasteiger partial charge in [-0.2, -0.15) is 0 Å². The quantitative estimate of drug-likeness (QED) is 0.546. The van der Waals surface area contributed by atoms with E-state index < -0.39 is 15.9 Å². The van der Waals surface area contributed by atoms with E-state index in [1.165, 1.54) is 4.31 Å². The summed E-state index contributed by atoms with van der Waals surface area (Å²) in [5, 5.41) is 5.62. The molecule has 3 aromatic rings. The Kier molecular flexibility index (Phi) is 7.27. The van der Waals surface area contributed by atoms with Crippen LogP contribution in [0.2, 0.25) is 0 Å². The predicted molar refractivity (Wildman–Crippen MR) is 126 cm³/mol. The third-order valence-electron chi connectivity index (χ3n) is 4.82. The molecule has 0 aliphatic carbocycles. The molecule has 0 unspecified atom stereocenters. The summed E-state index contributed by atoms with van der Waals surface area (Å²) in [5.41, 5.74) is 2.53. The van der Waals surface area contributed by atoms with Crippen molar-refractivity contribution in [3.8, 4) is 0 Å². The zero-order chi connectivity index (χ0) is 23.1. The minimum absolute atomic E-state index is 0.288. The Hall–Kier alpha value is -3.65. The first-order valence-electron chi connectivity index (χ1n) is 10.1. The number of benzene rings is 3. The molecule has 0 saturated carbocycles. The summed E-state index contributed by atoms with van der Waals surface area (Å²) in [6, 6.07) is 22.6. The molecule has 8 heteroatoms. The van der Waals surface area contributed by atoms with E-state index in [1.54, 1.807) is 55.5 Å². The Morgan fingerprint density at radius 2 is 1.47 bits per heavy atom. The molecule has 166 valence electrons. The molecule has 0 aromatic heterocycles. The first-order valence-corrected chi connectivity index (χ1v) is 11.9. The Labute approximate surface area is 188 Å². The maximum Gasteiger partial charge on any atom is 0.255 e. The third kappa shape index (κ3) is 5.73. The maximum atomic E-state index is 12.7. The molecule has 0 fully saturated rings. The summed E-state index contributed by atoms with van der Waals surface area (Å²) in [7, 11) is -3.40. The average molecular weight is 452 g/mol. The van der Waals surface area contributed by atoms with E-state index in [-0.39, 0.29) is 12.5 Å². The molecule has 32 heavy (non-hydrogen) atoms. The second kappa shape index (κ2) is 10.1. The van der Waals surface area contributed by atoms with Crippen LogP contribution in [0.25, 0.3) is 0 Å². The summed E-state index contributed by atoms with van der Waals surface area (Å²) in [4.78, 5) is 25.4. The van der Waals surface area contributed by atoms with E-state index in [1.807, 2.05) is 30.3 Å². The molecule has 0 spiro atoms. The van der Waals surface area contributed by atoms with Gasteiger partial charge in [0.2, 0.25) is 10.0 Å². The molecule has 0 atom stereocenters. The fourth-order valence-electron chi connectivity index (χ4n) is 3.25. The van der Waals surface area contributed by atoms with Crippen molar-refractivity contribution in [2.45, 2.75) is 13.5 Å². The fourth-order valence-corrected chi connectivity index (χ4v) is 4.22. The van der Waals surface area contributed by atoms with Gasteiger partial charge in [0.05, 0.1) is 23.2 Å². The minimum Gasteiger partial charge on any atom is -0.348 e. The Morgan fingerprint density at radius 3 is 2.09 bits per heavy atom. The van der Waals surface area contributed by atoms with Crippen LogP contribution in [0.5, 0.6) is 0 Å². The fraction of sp³-hybridized carbons (Fsp3) is 0.167. The van der Waals surface area contributed by atoms with Crippen LogP contribution < -0.4 is 14.9 Å². The predicted octanol–water partition coefficient (Wildman–Crippen LogP) is 3.65. The van der Waals surface area contributed by atoms with Gasteiger partial charge in [-0.05, 0) is 48.9 Å². The molecule has 0 aliphatic rings. The lowest BCUT2D eigenvalue weighted by Gasteiger charge is -2.20. The van der Waals surface area contributed by atoms with Crippen LogP contribution in [0, 0.1) is 0 Å². The molecule has 0 saturated heterocycles. The number of para-hydroxylation sites is 1. The molecule has 0 heterocycles. The lowest BCUT2D eigenvalue weighted by atomic mass is 10.1. The minimum atomic E-state index is -3.40. The first-order chi connectivity index (χ1) is 15.3. The number of hydrogen-bond acceptors (Lipinski definition) is 4. The standard InChI is InChI=1S/C24H25N3O4S/c1-3-27(32(2,30)31)20-15-13-19(14-16-20)23(28)26-22-12-8-7-11-21(22)24(29)25-17-18-9-5-4-6-10-18/h4-16H,3,17H2,1-2H3,(H,25,29)(H,26,28). The zero-order valence-electron chi connectivity index (χ0n) is 17.9. The van der Waals surface area contributed by atoms with Crippen LogP contribution >= 0.6 is 0 Å². The van der Waals surface area contributed by atoms with E-state index in [9.17, 15) is 18.0 Å². The largest absolute Gasteiger partial charge is 0.348 e. The van der Waals surface area contributed by atoms with Gasteiger partial charge in [0.15, 0.2) is 0 Å². The van der Waals surface area contributed by atoms with Gasteiger partial charge in [0.25, 0.3) is 11.8 Å². The summed E-state index contributed by atoms with van der Waals surface area (Å²) < 4.78 is 25.0. The molecular weight excluding hydrogens is 426 g/mol. The van der Waals surface area contributed by atoms with Crippen molar-refractivity contribution in [2.24, 2.45) is 0 Å². The van der Waals surface area contributed by atoms with Crippen LogP contribution in [-0.4, -0.2) is 33.0 Å². The lowest BCUT2D eigenvalue weighted by Crippen LogP contribution is -2.29. The van der Waals surface area contributed by atoms with Crippen molar-refractivity contribution in [2.75, 3.05) is 22.4 Å². The Morgan fingerprint density at radius 1 is 0.844 bits per heavy atom. The maximum absolute atomic E-state index is 12.7. The average Bonchev–Trinajstić information content (AvgIpc) is 2.78. The molecule has 0 aliphatic heterocycles. The zero-order valence-corrected chi connectivity index (χ0v) is 18.7. The van der Waals surface area contributed by atoms with E-state index in [4.69, 9.17) is 0 Å². The van der Waals surface area contributed by atoms with Gasteiger partial charge in [-0.15, -0.1) is 0 Å². The molecule has 2 N–H and O–H groups in total. The number of hydrogen-bond donors (Lipinski definition) is 2. The van der Waals surface area contributed by atoms with Crippen molar-refractivity contribution < 1.29 is 18.0 Å². The number of anilines is 2. The summed E-state index contributed by atoms with van der Waals surface area (Å²) >= 11 is 0. The van der Waals surface area contributed by atoms with Crippen LogP contribution in [0.4, 0.5) is 11.4 Å². The monoisotopic (exact) mass is 451 g/mol. The summed E-state index contributed by atoms with van der Waals surface area (Å²) in [6.07, 6.45) is 1.14. The van der Waals surface area contributed by atoms with Gasteiger partial charge >= 0.3 is 0 Å². The number of carbonyl (C=O) groups excluding carboxylic acids is 2. The number of carbonyl (C=O) groups is 2. The molecule has 3 rings (SSSR count). The second-order valence-corrected chi connectivity index (χ2v) is 9.05. The highest BCUT2D eigenvalue weighted by Gasteiger charge is 2.17. The third-order valence-corrected chi connectivity index (χ3v) is 6.09. The van der Waals surface area contributed by atoms with Crippen molar-refractivity contribution in [3.05, 3.63) is 95.6 Å². The second-order valence-electron chi connectivity index (χ2n) is 7.14. The highest BCUT2D eigenvalue weighted by molar-refractivity contribution is 7.92. The topological polar surface area (TPSA) is 95.6 Å². The SMILES string of the molecule is CCN(c1ccc(C(=O)Nc2ccccc2C(=O)NCc2ccccc2)cc1)S(C)(=O)=O. The highest BCUT2D eigenvalue weighted by atomic mass is 32.2. The number of nitrogens with zero attached hydrogens (tertiary/aromatic N) is 1. The number of rotatable bonds is 8. The van der Waals surface area contributed by atoms with E-state index in [0.717, 1.165) is 11.8 Å². The molecule has 0 radical (unpaired) electrons. The molecule has 2 amide bonds. The lowest BCUT2D eigenvalue weighted by molar-refractivity contribution is 0.0951. The normalized spacial score (nSPS) is 10.9. The number of sulfonamides is 1. The molecular formula is C24H25N3O4S. The molecule has 3 aromatic carbocycles. The molecule has 0 bridgehead atoms. The summed E-state index contributed by atoms with van der Waals surface area (Å²) in [5.74, 6) is -0.700. The first kappa shape index (κ1) is 23.0.